The van der Waals surface area contributed by atoms with Crippen molar-refractivity contribution < 1.29 is 14.6 Å². The Kier molecular flexibility index (Phi) is 3.64. The minimum Gasteiger partial charge on any atom is -0.393 e. The molecule has 2 aliphatic rings. The topological polar surface area (TPSA) is 38.7 Å². The maximum Gasteiger partial charge on any atom is 0.147 e. The average Bonchev–Trinajstić information content (AvgIpc) is 3.19. The Bertz CT molecular complexity index is 379. The lowest BCUT2D eigenvalue weighted by Crippen LogP contribution is -2.28. The van der Waals surface area contributed by atoms with Crippen molar-refractivity contribution in [1.82, 2.24) is 0 Å². The standard InChI is InChI=1S/C15H20O3/c16-14-6-7-15(13-8-12(13)14)18-10-17-9-11-4-2-1-3-5-11/h1-5,12-16H,6-10H2/t12-,13+,14+,15+/m1/s1. The lowest BCUT2D eigenvalue weighted by molar-refractivity contribution is -0.116. The summed E-state index contributed by atoms with van der Waals surface area (Å²) in [4.78, 5) is 0. The van der Waals surface area contributed by atoms with E-state index >= 15 is 0 Å². The van der Waals surface area contributed by atoms with E-state index in [2.05, 4.69) is 0 Å². The molecule has 1 aromatic rings. The number of hydrogen-bond donors (Lipinski definition) is 1. The van der Waals surface area contributed by atoms with E-state index in [-0.39, 0.29) is 6.10 Å². The van der Waals surface area contributed by atoms with Gasteiger partial charge in [-0.25, -0.2) is 0 Å². The highest BCUT2D eigenvalue weighted by atomic mass is 16.7. The minimum atomic E-state index is -0.0833. The minimum absolute atomic E-state index is 0.0833. The van der Waals surface area contributed by atoms with Crippen molar-refractivity contribution >= 4 is 0 Å². The van der Waals surface area contributed by atoms with Gasteiger partial charge in [0.25, 0.3) is 0 Å². The summed E-state index contributed by atoms with van der Waals surface area (Å²) in [6.45, 7) is 0.961. The quantitative estimate of drug-likeness (QED) is 0.642. The molecule has 0 bridgehead atoms. The molecule has 3 rings (SSSR count). The van der Waals surface area contributed by atoms with Crippen LogP contribution < -0.4 is 0 Å². The Hall–Kier alpha value is -0.900. The maximum absolute atomic E-state index is 9.67. The van der Waals surface area contributed by atoms with Crippen LogP contribution in [-0.2, 0) is 16.1 Å². The van der Waals surface area contributed by atoms with E-state index in [1.54, 1.807) is 0 Å². The van der Waals surface area contributed by atoms with Crippen molar-refractivity contribution in [3.05, 3.63) is 35.9 Å². The van der Waals surface area contributed by atoms with Gasteiger partial charge in [0, 0.05) is 0 Å². The van der Waals surface area contributed by atoms with Crippen LogP contribution in [0.15, 0.2) is 30.3 Å². The predicted molar refractivity (Wildman–Crippen MR) is 67.8 cm³/mol. The molecule has 1 N–H and O–H groups in total. The molecule has 2 saturated carbocycles. The van der Waals surface area contributed by atoms with Crippen LogP contribution in [0.1, 0.15) is 24.8 Å². The molecule has 98 valence electrons. The molecule has 3 nitrogen and oxygen atoms in total. The number of fused-ring (bicyclic) bond motifs is 1. The van der Waals surface area contributed by atoms with Gasteiger partial charge in [-0.3, -0.25) is 0 Å². The third-order valence-electron chi connectivity index (χ3n) is 4.09. The van der Waals surface area contributed by atoms with Gasteiger partial charge in [0.15, 0.2) is 0 Å². The van der Waals surface area contributed by atoms with Gasteiger partial charge in [-0.2, -0.15) is 0 Å². The van der Waals surface area contributed by atoms with Crippen LogP contribution in [0, 0.1) is 11.8 Å². The molecule has 3 heteroatoms. The molecule has 0 saturated heterocycles. The summed E-state index contributed by atoms with van der Waals surface area (Å²) in [5.74, 6) is 1.08. The summed E-state index contributed by atoms with van der Waals surface area (Å²) in [6.07, 6.45) is 3.20. The molecule has 0 amide bonds. The van der Waals surface area contributed by atoms with Crippen LogP contribution in [0.2, 0.25) is 0 Å². The zero-order valence-electron chi connectivity index (χ0n) is 10.5. The molecule has 0 unspecified atom stereocenters. The molecule has 0 spiro atoms. The molecule has 1 aromatic carbocycles. The van der Waals surface area contributed by atoms with E-state index in [1.165, 1.54) is 5.56 Å². The first-order valence-electron chi connectivity index (χ1n) is 6.76. The molecule has 0 aromatic heterocycles. The maximum atomic E-state index is 9.67. The van der Waals surface area contributed by atoms with E-state index in [4.69, 9.17) is 9.47 Å². The first-order chi connectivity index (χ1) is 8.84. The van der Waals surface area contributed by atoms with Crippen LogP contribution >= 0.6 is 0 Å². The monoisotopic (exact) mass is 248 g/mol. The zero-order valence-corrected chi connectivity index (χ0v) is 10.5. The van der Waals surface area contributed by atoms with E-state index in [1.807, 2.05) is 30.3 Å². The largest absolute Gasteiger partial charge is 0.393 e. The van der Waals surface area contributed by atoms with Crippen LogP contribution in [0.4, 0.5) is 0 Å². The molecule has 0 aliphatic heterocycles. The number of benzene rings is 1. The van der Waals surface area contributed by atoms with Gasteiger partial charge in [-0.15, -0.1) is 0 Å². The van der Waals surface area contributed by atoms with Gasteiger partial charge < -0.3 is 14.6 Å². The first-order valence-corrected chi connectivity index (χ1v) is 6.76. The summed E-state index contributed by atoms with van der Waals surface area (Å²) >= 11 is 0. The smallest absolute Gasteiger partial charge is 0.147 e. The second-order valence-electron chi connectivity index (χ2n) is 5.37. The fourth-order valence-corrected chi connectivity index (χ4v) is 2.94. The van der Waals surface area contributed by atoms with Crippen molar-refractivity contribution in [2.75, 3.05) is 6.79 Å². The summed E-state index contributed by atoms with van der Waals surface area (Å²) in [5.41, 5.74) is 1.17. The van der Waals surface area contributed by atoms with Gasteiger partial charge in [0.2, 0.25) is 0 Å². The van der Waals surface area contributed by atoms with Crippen molar-refractivity contribution in [3.63, 3.8) is 0 Å². The number of aliphatic hydroxyl groups excluding tert-OH is 1. The van der Waals surface area contributed by atoms with Gasteiger partial charge in [-0.05, 0) is 36.7 Å². The molecule has 0 radical (unpaired) electrons. The second kappa shape index (κ2) is 5.39. The van der Waals surface area contributed by atoms with Crippen LogP contribution in [0.5, 0.6) is 0 Å². The van der Waals surface area contributed by atoms with Crippen molar-refractivity contribution in [3.8, 4) is 0 Å². The Balaban J connectivity index is 1.36. The van der Waals surface area contributed by atoms with Crippen LogP contribution in [0.3, 0.4) is 0 Å². The number of hydrogen-bond acceptors (Lipinski definition) is 3. The van der Waals surface area contributed by atoms with E-state index in [0.29, 0.717) is 31.3 Å². The van der Waals surface area contributed by atoms with Crippen molar-refractivity contribution in [1.29, 1.82) is 0 Å². The van der Waals surface area contributed by atoms with Gasteiger partial charge in [-0.1, -0.05) is 30.3 Å². The fourth-order valence-electron chi connectivity index (χ4n) is 2.94. The van der Waals surface area contributed by atoms with E-state index in [9.17, 15) is 5.11 Å². The average molecular weight is 248 g/mol. The Labute approximate surface area is 108 Å². The molecule has 4 atom stereocenters. The zero-order chi connectivity index (χ0) is 12.4. The summed E-state index contributed by atoms with van der Waals surface area (Å²) < 4.78 is 11.3. The molecule has 2 aliphatic carbocycles. The highest BCUT2D eigenvalue weighted by Crippen LogP contribution is 2.50. The lowest BCUT2D eigenvalue weighted by Gasteiger charge is -2.24. The molecule has 18 heavy (non-hydrogen) atoms. The summed E-state index contributed by atoms with van der Waals surface area (Å²) in [5, 5.41) is 9.67. The van der Waals surface area contributed by atoms with Gasteiger partial charge in [0.1, 0.15) is 6.79 Å². The highest BCUT2D eigenvalue weighted by Gasteiger charge is 2.50. The Morgan fingerprint density at radius 3 is 2.78 bits per heavy atom. The Morgan fingerprint density at radius 1 is 1.11 bits per heavy atom. The molecular formula is C15H20O3. The first kappa shape index (κ1) is 12.2. The number of ether oxygens (including phenoxy) is 2. The lowest BCUT2D eigenvalue weighted by atomic mass is 9.95. The Morgan fingerprint density at radius 2 is 1.94 bits per heavy atom. The number of rotatable bonds is 5. The van der Waals surface area contributed by atoms with E-state index in [0.717, 1.165) is 19.3 Å². The van der Waals surface area contributed by atoms with E-state index < -0.39 is 0 Å². The predicted octanol–water partition coefficient (Wildman–Crippen LogP) is 2.34. The van der Waals surface area contributed by atoms with Crippen molar-refractivity contribution in [2.24, 2.45) is 11.8 Å². The molecular weight excluding hydrogens is 228 g/mol. The third kappa shape index (κ3) is 2.74. The second-order valence-corrected chi connectivity index (χ2v) is 5.37. The summed E-state index contributed by atoms with van der Waals surface area (Å²) in [7, 11) is 0. The fraction of sp³-hybridized carbons (Fsp3) is 0.600. The number of aliphatic hydroxyl groups is 1. The SMILES string of the molecule is O[C@H]1CC[C@H](OCOCc2ccccc2)[C@H]2C[C@H]21. The highest BCUT2D eigenvalue weighted by molar-refractivity contribution is 5.13. The normalized spacial score (nSPS) is 34.1. The van der Waals surface area contributed by atoms with Gasteiger partial charge >= 0.3 is 0 Å². The third-order valence-corrected chi connectivity index (χ3v) is 4.09. The summed E-state index contributed by atoms with van der Waals surface area (Å²) in [6, 6.07) is 10.1. The van der Waals surface area contributed by atoms with Gasteiger partial charge in [0.05, 0.1) is 18.8 Å². The molecule has 2 fully saturated rings. The molecule has 0 heterocycles. The van der Waals surface area contributed by atoms with Crippen LogP contribution in [-0.4, -0.2) is 24.1 Å². The van der Waals surface area contributed by atoms with Crippen LogP contribution in [0.25, 0.3) is 0 Å². The van der Waals surface area contributed by atoms with Crippen molar-refractivity contribution in [2.45, 2.75) is 38.1 Å².